The van der Waals surface area contributed by atoms with Gasteiger partial charge in [0, 0.05) is 29.1 Å². The third kappa shape index (κ3) is 3.99. The molecule has 1 saturated heterocycles. The number of carbonyl (C=O) groups excluding carboxylic acids is 1. The molecule has 8 heteroatoms. The quantitative estimate of drug-likeness (QED) is 0.596. The van der Waals surface area contributed by atoms with Crippen molar-refractivity contribution in [1.29, 1.82) is 0 Å². The summed E-state index contributed by atoms with van der Waals surface area (Å²) < 4.78 is 25.0. The van der Waals surface area contributed by atoms with Gasteiger partial charge in [-0.15, -0.1) is 11.3 Å². The van der Waals surface area contributed by atoms with E-state index >= 15 is 0 Å². The summed E-state index contributed by atoms with van der Waals surface area (Å²) >= 11 is 7.39. The van der Waals surface area contributed by atoms with E-state index in [4.69, 9.17) is 21.1 Å². The molecule has 5 nitrogen and oxygen atoms in total. The van der Waals surface area contributed by atoms with Gasteiger partial charge in [-0.1, -0.05) is 17.7 Å². The Balaban J connectivity index is 1.85. The molecule has 1 N–H and O–H groups in total. The number of cyclic esters (lactones) is 1. The van der Waals surface area contributed by atoms with Gasteiger partial charge in [-0.3, -0.25) is 9.78 Å². The minimum Gasteiger partial charge on any atom is -0.495 e. The van der Waals surface area contributed by atoms with E-state index in [0.29, 0.717) is 28.6 Å². The lowest BCUT2D eigenvalue weighted by Gasteiger charge is -2.23. The number of thiophene rings is 1. The number of benzene rings is 1. The summed E-state index contributed by atoms with van der Waals surface area (Å²) in [5.74, 6) is -0.317. The molecule has 0 radical (unpaired) electrons. The number of hydrogen-bond acceptors (Lipinski definition) is 6. The topological polar surface area (TPSA) is 68.7 Å². The summed E-state index contributed by atoms with van der Waals surface area (Å²) in [6.07, 6.45) is 4.19. The largest absolute Gasteiger partial charge is 0.495 e. The zero-order valence-electron chi connectivity index (χ0n) is 15.4. The summed E-state index contributed by atoms with van der Waals surface area (Å²) in [7, 11) is 1.57. The molecule has 0 aliphatic carbocycles. The number of aliphatic hydroxyl groups excluding tert-OH is 1. The van der Waals surface area contributed by atoms with Crippen molar-refractivity contribution < 1.29 is 23.8 Å². The molecule has 3 heterocycles. The zero-order valence-corrected chi connectivity index (χ0v) is 17.0. The molecule has 29 heavy (non-hydrogen) atoms. The Morgan fingerprint density at radius 3 is 3.03 bits per heavy atom. The first-order valence-corrected chi connectivity index (χ1v) is 10.2. The third-order valence-corrected chi connectivity index (χ3v) is 5.90. The van der Waals surface area contributed by atoms with Crippen molar-refractivity contribution in [2.45, 2.75) is 25.0 Å². The lowest BCUT2D eigenvalue weighted by Crippen LogP contribution is -2.31. The van der Waals surface area contributed by atoms with Crippen molar-refractivity contribution >= 4 is 45.9 Å². The first kappa shape index (κ1) is 19.8. The van der Waals surface area contributed by atoms with Gasteiger partial charge in [-0.05, 0) is 29.7 Å². The van der Waals surface area contributed by atoms with Crippen LogP contribution >= 0.6 is 22.9 Å². The Morgan fingerprint density at radius 1 is 1.45 bits per heavy atom. The fourth-order valence-electron chi connectivity index (χ4n) is 3.36. The number of ether oxygens (including phenoxy) is 2. The summed E-state index contributed by atoms with van der Waals surface area (Å²) in [5.41, 5.74) is 2.01. The number of methoxy groups -OCH3 is 1. The molecule has 0 bridgehead atoms. The van der Waals surface area contributed by atoms with Crippen LogP contribution in [0.15, 0.2) is 35.9 Å². The number of aromatic nitrogens is 1. The van der Waals surface area contributed by atoms with E-state index in [1.807, 2.05) is 11.4 Å². The number of aliphatic hydroxyl groups is 1. The zero-order chi connectivity index (χ0) is 20.5. The summed E-state index contributed by atoms with van der Waals surface area (Å²) in [6, 6.07) is 4.69. The minimum absolute atomic E-state index is 0.000446. The Kier molecular flexibility index (Phi) is 5.54. The van der Waals surface area contributed by atoms with Crippen molar-refractivity contribution in [3.8, 4) is 16.2 Å². The van der Waals surface area contributed by atoms with Crippen LogP contribution in [0.2, 0.25) is 5.02 Å². The van der Waals surface area contributed by atoms with E-state index in [1.54, 1.807) is 25.5 Å². The maximum absolute atomic E-state index is 14.3. The highest BCUT2D eigenvalue weighted by Crippen LogP contribution is 2.42. The van der Waals surface area contributed by atoms with Crippen LogP contribution in [0.1, 0.15) is 18.4 Å². The summed E-state index contributed by atoms with van der Waals surface area (Å²) in [5, 5.41) is 12.3. The second-order valence-electron chi connectivity index (χ2n) is 6.67. The first-order valence-electron chi connectivity index (χ1n) is 8.91. The molecule has 0 spiro atoms. The van der Waals surface area contributed by atoms with Crippen molar-refractivity contribution in [1.82, 2.24) is 4.98 Å². The van der Waals surface area contributed by atoms with Crippen LogP contribution in [-0.4, -0.2) is 35.4 Å². The number of esters is 1. The van der Waals surface area contributed by atoms with Gasteiger partial charge < -0.3 is 14.6 Å². The maximum Gasteiger partial charge on any atom is 0.309 e. The molecular formula is C21H17ClFNO4S. The molecule has 1 aliphatic heterocycles. The fraction of sp³-hybridized carbons (Fsp3) is 0.238. The lowest BCUT2D eigenvalue weighted by molar-refractivity contribution is -0.156. The smallest absolute Gasteiger partial charge is 0.309 e. The molecular weight excluding hydrogens is 417 g/mol. The minimum atomic E-state index is -0.728. The number of nitrogens with zero attached hydrogens (tertiary/aromatic N) is 1. The van der Waals surface area contributed by atoms with Crippen LogP contribution in [0.25, 0.3) is 27.4 Å². The van der Waals surface area contributed by atoms with E-state index < -0.39 is 24.0 Å². The molecule has 2 atom stereocenters. The van der Waals surface area contributed by atoms with E-state index in [0.717, 1.165) is 10.4 Å². The van der Waals surface area contributed by atoms with Gasteiger partial charge >= 0.3 is 5.97 Å². The van der Waals surface area contributed by atoms with Crippen LogP contribution in [0.4, 0.5) is 4.39 Å². The van der Waals surface area contributed by atoms with Gasteiger partial charge in [0.05, 0.1) is 35.1 Å². The van der Waals surface area contributed by atoms with Crippen LogP contribution in [-0.2, 0) is 9.53 Å². The Morgan fingerprint density at radius 2 is 2.28 bits per heavy atom. The van der Waals surface area contributed by atoms with Crippen LogP contribution in [0, 0.1) is 5.82 Å². The van der Waals surface area contributed by atoms with E-state index in [2.05, 4.69) is 4.98 Å². The van der Waals surface area contributed by atoms with Gasteiger partial charge in [-0.2, -0.15) is 0 Å². The Labute approximate surface area is 175 Å². The molecule has 1 fully saturated rings. The average Bonchev–Trinajstić information content (AvgIpc) is 3.14. The standard InChI is InChI=1S/C21H17ClFNO4S/c1-27-18-4-5-29-21(18)20-11(2-3-13-6-12(25)7-19(26)28-13)10-24-17-9-15(22)16(23)8-14(17)20/h2-5,8-10,12-13,25H,6-7H2,1H3/t12-,13-/m1/s1. The first-order chi connectivity index (χ1) is 14.0. The molecule has 1 aliphatic rings. The fourth-order valence-corrected chi connectivity index (χ4v) is 4.46. The second-order valence-corrected chi connectivity index (χ2v) is 7.99. The highest BCUT2D eigenvalue weighted by molar-refractivity contribution is 7.14. The molecule has 3 aromatic rings. The summed E-state index contributed by atoms with van der Waals surface area (Å²) in [4.78, 5) is 16.8. The number of carbonyl (C=O) groups is 1. The number of pyridine rings is 1. The molecule has 0 saturated carbocycles. The average molecular weight is 434 g/mol. The van der Waals surface area contributed by atoms with Crippen LogP contribution < -0.4 is 4.74 Å². The Hall–Kier alpha value is -2.48. The van der Waals surface area contributed by atoms with Crippen LogP contribution in [0.3, 0.4) is 0 Å². The monoisotopic (exact) mass is 433 g/mol. The van der Waals surface area contributed by atoms with Gasteiger partial charge in [0.1, 0.15) is 17.7 Å². The van der Waals surface area contributed by atoms with Crippen molar-refractivity contribution in [2.24, 2.45) is 0 Å². The van der Waals surface area contributed by atoms with Crippen molar-refractivity contribution in [3.63, 3.8) is 0 Å². The predicted octanol–water partition coefficient (Wildman–Crippen LogP) is 4.84. The van der Waals surface area contributed by atoms with Gasteiger partial charge in [0.15, 0.2) is 0 Å². The Bertz CT molecular complexity index is 1110. The molecule has 0 amide bonds. The van der Waals surface area contributed by atoms with Gasteiger partial charge in [-0.25, -0.2) is 4.39 Å². The molecule has 2 aromatic heterocycles. The van der Waals surface area contributed by atoms with E-state index in [9.17, 15) is 14.3 Å². The normalized spacial score (nSPS) is 19.7. The maximum atomic E-state index is 14.3. The molecule has 1 aromatic carbocycles. The second kappa shape index (κ2) is 8.10. The molecule has 150 valence electrons. The molecule has 4 rings (SSSR count). The highest BCUT2D eigenvalue weighted by Gasteiger charge is 2.25. The number of fused-ring (bicyclic) bond motifs is 1. The van der Waals surface area contributed by atoms with Crippen LogP contribution in [0.5, 0.6) is 5.75 Å². The molecule has 0 unspecified atom stereocenters. The predicted molar refractivity (Wildman–Crippen MR) is 111 cm³/mol. The van der Waals surface area contributed by atoms with Gasteiger partial charge in [0.25, 0.3) is 0 Å². The SMILES string of the molecule is COc1ccsc1-c1c(C=C[C@@H]2C[C@@H](O)CC(=O)O2)cnc2cc(Cl)c(F)cc12. The number of hydrogen-bond donors (Lipinski definition) is 1. The lowest BCUT2D eigenvalue weighted by atomic mass is 9.99. The number of halogens is 2. The third-order valence-electron chi connectivity index (χ3n) is 4.70. The van der Waals surface area contributed by atoms with Crippen molar-refractivity contribution in [2.75, 3.05) is 7.11 Å². The highest BCUT2D eigenvalue weighted by atomic mass is 35.5. The van der Waals surface area contributed by atoms with E-state index in [1.165, 1.54) is 23.5 Å². The summed E-state index contributed by atoms with van der Waals surface area (Å²) in [6.45, 7) is 0. The van der Waals surface area contributed by atoms with Crippen molar-refractivity contribution in [3.05, 3.63) is 52.3 Å². The van der Waals surface area contributed by atoms with E-state index in [-0.39, 0.29) is 11.4 Å². The number of rotatable bonds is 4. The van der Waals surface area contributed by atoms with Gasteiger partial charge in [0.2, 0.25) is 0 Å².